The summed E-state index contributed by atoms with van der Waals surface area (Å²) >= 11 is 1.71. The van der Waals surface area contributed by atoms with Gasteiger partial charge in [0.2, 0.25) is 5.88 Å². The molecule has 2 aliphatic rings. The number of likely N-dealkylation sites (tertiary alicyclic amines) is 1. The quantitative estimate of drug-likeness (QED) is 0.866. The number of rotatable bonds is 4. The molecule has 4 rings (SSSR count). The molecule has 2 aromatic rings. The number of ether oxygens (including phenoxy) is 2. The second-order valence-electron chi connectivity index (χ2n) is 6.00. The maximum Gasteiger partial charge on any atom is 0.213 e. The standard InChI is InChI=1S/C16H19N3O2S/c1-2-5-17-14(3-1)21-13-4-7-20-16(9-13)11-19(12-16)10-15-18-6-8-22-15/h1-3,5-6,8,13H,4,7,9-12H2/t13-/m0/s1. The first-order valence-corrected chi connectivity index (χ1v) is 8.52. The van der Waals surface area contributed by atoms with Gasteiger partial charge in [0, 0.05) is 49.8 Å². The fourth-order valence-electron chi connectivity index (χ4n) is 3.29. The van der Waals surface area contributed by atoms with Crippen LogP contribution in [-0.2, 0) is 11.3 Å². The van der Waals surface area contributed by atoms with E-state index in [1.807, 2.05) is 29.8 Å². The highest BCUT2D eigenvalue weighted by atomic mass is 32.1. The van der Waals surface area contributed by atoms with Crippen LogP contribution in [0.5, 0.6) is 5.88 Å². The van der Waals surface area contributed by atoms with E-state index in [2.05, 4.69) is 14.9 Å². The van der Waals surface area contributed by atoms with Gasteiger partial charge in [-0.1, -0.05) is 6.07 Å². The first-order chi connectivity index (χ1) is 10.8. The minimum absolute atomic E-state index is 0.0328. The lowest BCUT2D eigenvalue weighted by Gasteiger charge is -2.52. The third-order valence-corrected chi connectivity index (χ3v) is 5.00. The molecule has 1 atom stereocenters. The summed E-state index contributed by atoms with van der Waals surface area (Å²) < 4.78 is 12.1. The Kier molecular flexibility index (Phi) is 3.82. The second-order valence-corrected chi connectivity index (χ2v) is 6.98. The van der Waals surface area contributed by atoms with Gasteiger partial charge in [0.15, 0.2) is 0 Å². The van der Waals surface area contributed by atoms with Crippen LogP contribution in [0, 0.1) is 0 Å². The van der Waals surface area contributed by atoms with Gasteiger partial charge in [-0.25, -0.2) is 9.97 Å². The lowest BCUT2D eigenvalue weighted by molar-refractivity contribution is -0.188. The lowest BCUT2D eigenvalue weighted by atomic mass is 9.85. The molecule has 0 aliphatic carbocycles. The highest BCUT2D eigenvalue weighted by Crippen LogP contribution is 2.36. The van der Waals surface area contributed by atoms with Crippen molar-refractivity contribution in [1.82, 2.24) is 14.9 Å². The fraction of sp³-hybridized carbons (Fsp3) is 0.500. The van der Waals surface area contributed by atoms with Crippen molar-refractivity contribution < 1.29 is 9.47 Å². The molecule has 2 fully saturated rings. The van der Waals surface area contributed by atoms with E-state index in [1.165, 1.54) is 5.01 Å². The molecule has 0 N–H and O–H groups in total. The lowest BCUT2D eigenvalue weighted by Crippen LogP contribution is -2.65. The molecule has 1 spiro atoms. The molecular formula is C16H19N3O2S. The van der Waals surface area contributed by atoms with Crippen LogP contribution < -0.4 is 4.74 Å². The zero-order chi connectivity index (χ0) is 14.8. The van der Waals surface area contributed by atoms with Gasteiger partial charge in [-0.15, -0.1) is 11.3 Å². The van der Waals surface area contributed by atoms with Crippen molar-refractivity contribution in [1.29, 1.82) is 0 Å². The molecular weight excluding hydrogens is 298 g/mol. The molecule has 2 saturated heterocycles. The maximum absolute atomic E-state index is 6.06. The number of nitrogens with zero attached hydrogens (tertiary/aromatic N) is 3. The van der Waals surface area contributed by atoms with Crippen molar-refractivity contribution in [2.75, 3.05) is 19.7 Å². The van der Waals surface area contributed by atoms with Crippen LogP contribution >= 0.6 is 11.3 Å². The zero-order valence-electron chi connectivity index (χ0n) is 12.4. The average molecular weight is 317 g/mol. The molecule has 2 aliphatic heterocycles. The topological polar surface area (TPSA) is 47.5 Å². The Bertz CT molecular complexity index is 599. The van der Waals surface area contributed by atoms with Crippen molar-refractivity contribution in [2.45, 2.75) is 31.1 Å². The minimum atomic E-state index is -0.0328. The Hall–Kier alpha value is -1.50. The minimum Gasteiger partial charge on any atom is -0.474 e. The molecule has 0 aromatic carbocycles. The van der Waals surface area contributed by atoms with E-state index < -0.39 is 0 Å². The highest BCUT2D eigenvalue weighted by Gasteiger charge is 2.48. The molecule has 22 heavy (non-hydrogen) atoms. The summed E-state index contributed by atoms with van der Waals surface area (Å²) in [5.41, 5.74) is -0.0328. The molecule has 0 saturated carbocycles. The highest BCUT2D eigenvalue weighted by molar-refractivity contribution is 7.09. The first kappa shape index (κ1) is 14.1. The van der Waals surface area contributed by atoms with Crippen LogP contribution in [0.3, 0.4) is 0 Å². The maximum atomic E-state index is 6.06. The Morgan fingerprint density at radius 1 is 1.32 bits per heavy atom. The third kappa shape index (κ3) is 2.99. The Labute approximate surface area is 133 Å². The molecule has 2 aromatic heterocycles. The first-order valence-electron chi connectivity index (χ1n) is 7.64. The summed E-state index contributed by atoms with van der Waals surface area (Å²) in [7, 11) is 0. The summed E-state index contributed by atoms with van der Waals surface area (Å²) in [6.07, 6.45) is 5.71. The molecule has 5 nitrogen and oxygen atoms in total. The molecule has 4 heterocycles. The van der Waals surface area contributed by atoms with Crippen molar-refractivity contribution >= 4 is 11.3 Å². The van der Waals surface area contributed by atoms with Gasteiger partial charge in [0.1, 0.15) is 11.1 Å². The van der Waals surface area contributed by atoms with Gasteiger partial charge in [0.05, 0.1) is 18.8 Å². The van der Waals surface area contributed by atoms with Crippen molar-refractivity contribution in [3.05, 3.63) is 41.0 Å². The van der Waals surface area contributed by atoms with Gasteiger partial charge >= 0.3 is 0 Å². The molecule has 0 unspecified atom stereocenters. The van der Waals surface area contributed by atoms with E-state index in [4.69, 9.17) is 9.47 Å². The fourth-order valence-corrected chi connectivity index (χ4v) is 3.95. The number of aromatic nitrogens is 2. The van der Waals surface area contributed by atoms with Crippen LogP contribution in [0.2, 0.25) is 0 Å². The van der Waals surface area contributed by atoms with Crippen LogP contribution in [0.15, 0.2) is 36.0 Å². The van der Waals surface area contributed by atoms with Gasteiger partial charge in [0.25, 0.3) is 0 Å². The molecule has 6 heteroatoms. The van der Waals surface area contributed by atoms with E-state index in [-0.39, 0.29) is 11.7 Å². The van der Waals surface area contributed by atoms with Crippen molar-refractivity contribution in [2.24, 2.45) is 0 Å². The normalized spacial score (nSPS) is 24.1. The molecule has 0 bridgehead atoms. The van der Waals surface area contributed by atoms with E-state index in [0.29, 0.717) is 5.88 Å². The number of hydrogen-bond acceptors (Lipinski definition) is 6. The number of hydrogen-bond donors (Lipinski definition) is 0. The largest absolute Gasteiger partial charge is 0.474 e. The smallest absolute Gasteiger partial charge is 0.213 e. The van der Waals surface area contributed by atoms with Gasteiger partial charge < -0.3 is 9.47 Å². The van der Waals surface area contributed by atoms with Gasteiger partial charge in [-0.2, -0.15) is 0 Å². The zero-order valence-corrected chi connectivity index (χ0v) is 13.2. The van der Waals surface area contributed by atoms with E-state index in [0.717, 1.165) is 39.1 Å². The van der Waals surface area contributed by atoms with E-state index in [9.17, 15) is 0 Å². The van der Waals surface area contributed by atoms with E-state index >= 15 is 0 Å². The van der Waals surface area contributed by atoms with Crippen LogP contribution in [0.25, 0.3) is 0 Å². The average Bonchev–Trinajstić information content (AvgIpc) is 3.00. The van der Waals surface area contributed by atoms with E-state index in [1.54, 1.807) is 17.5 Å². The Morgan fingerprint density at radius 3 is 3.05 bits per heavy atom. The van der Waals surface area contributed by atoms with Gasteiger partial charge in [-0.3, -0.25) is 4.90 Å². The summed E-state index contributed by atoms with van der Waals surface area (Å²) in [4.78, 5) is 11.0. The molecule has 0 radical (unpaired) electrons. The summed E-state index contributed by atoms with van der Waals surface area (Å²) in [6, 6.07) is 5.77. The van der Waals surface area contributed by atoms with Gasteiger partial charge in [-0.05, 0) is 6.07 Å². The molecule has 116 valence electrons. The third-order valence-electron chi connectivity index (χ3n) is 4.24. The predicted octanol–water partition coefficient (Wildman–Crippen LogP) is 2.35. The molecule has 0 amide bonds. The Balaban J connectivity index is 1.32. The van der Waals surface area contributed by atoms with Crippen LogP contribution in [-0.4, -0.2) is 46.3 Å². The summed E-state index contributed by atoms with van der Waals surface area (Å²) in [5, 5.41) is 3.20. The summed E-state index contributed by atoms with van der Waals surface area (Å²) in [6.45, 7) is 3.63. The Morgan fingerprint density at radius 2 is 2.27 bits per heavy atom. The monoisotopic (exact) mass is 317 g/mol. The number of pyridine rings is 1. The van der Waals surface area contributed by atoms with Crippen LogP contribution in [0.1, 0.15) is 17.8 Å². The second kappa shape index (κ2) is 5.95. The summed E-state index contributed by atoms with van der Waals surface area (Å²) in [5.74, 6) is 0.712. The predicted molar refractivity (Wildman–Crippen MR) is 84.0 cm³/mol. The van der Waals surface area contributed by atoms with Crippen molar-refractivity contribution in [3.8, 4) is 5.88 Å². The number of thiazole rings is 1. The SMILES string of the molecule is c1ccc(O[C@H]2CCOC3(C2)CN(Cc2nccs2)C3)nc1. The van der Waals surface area contributed by atoms with Crippen LogP contribution in [0.4, 0.5) is 0 Å². The van der Waals surface area contributed by atoms with Crippen molar-refractivity contribution in [3.63, 3.8) is 0 Å².